The van der Waals surface area contributed by atoms with Crippen LogP contribution >= 0.6 is 0 Å². The third-order valence-electron chi connectivity index (χ3n) is 3.89. The summed E-state index contributed by atoms with van der Waals surface area (Å²) in [5.41, 5.74) is -1.34. The minimum atomic E-state index is -1.77. The van der Waals surface area contributed by atoms with Crippen LogP contribution in [0.2, 0.25) is 0 Å². The van der Waals surface area contributed by atoms with E-state index in [2.05, 4.69) is 15.3 Å². The Kier molecular flexibility index (Phi) is 5.81. The Morgan fingerprint density at radius 2 is 1.27 bits per heavy atom. The fourth-order valence-corrected chi connectivity index (χ4v) is 2.49. The Labute approximate surface area is 164 Å². The van der Waals surface area contributed by atoms with Gasteiger partial charge in [0.1, 0.15) is 0 Å². The van der Waals surface area contributed by atoms with Crippen molar-refractivity contribution in [1.82, 2.24) is 9.97 Å². The molecular formula is C19H9F6N3O2. The molecule has 1 aromatic carbocycles. The number of carbonyl (C=O) groups is 2. The number of pyridine rings is 2. The van der Waals surface area contributed by atoms with Gasteiger partial charge in [-0.25, -0.2) is 8.78 Å². The van der Waals surface area contributed by atoms with Crippen LogP contribution in [-0.4, -0.2) is 21.7 Å². The van der Waals surface area contributed by atoms with Gasteiger partial charge in [0, 0.05) is 24.2 Å². The molecule has 0 spiro atoms. The maximum Gasteiger partial charge on any atom is 0.258 e. The van der Waals surface area contributed by atoms with E-state index in [1.165, 1.54) is 24.3 Å². The number of aromatic nitrogens is 2. The van der Waals surface area contributed by atoms with E-state index < -0.39 is 64.7 Å². The predicted octanol–water partition coefficient (Wildman–Crippen LogP) is 3.99. The number of carbonyl (C=O) groups excluding carboxylic acids is 2. The molecule has 1 amide bonds. The van der Waals surface area contributed by atoms with Crippen LogP contribution in [0.15, 0.2) is 36.4 Å². The van der Waals surface area contributed by atoms with E-state index in [1.54, 1.807) is 0 Å². The quantitative estimate of drug-likeness (QED) is 0.381. The van der Waals surface area contributed by atoms with Crippen LogP contribution in [0.25, 0.3) is 0 Å². The minimum absolute atomic E-state index is 0.0837. The molecule has 2 aromatic heterocycles. The minimum Gasteiger partial charge on any atom is -0.322 e. The summed E-state index contributed by atoms with van der Waals surface area (Å²) in [5.74, 6) is -11.5. The molecule has 3 rings (SSSR count). The summed E-state index contributed by atoms with van der Waals surface area (Å²) in [6, 6.07) is 6.08. The Hall–Kier alpha value is -3.76. The van der Waals surface area contributed by atoms with Gasteiger partial charge in [-0.3, -0.25) is 9.59 Å². The molecule has 1 N–H and O–H groups in total. The number of nitrogens with zero attached hydrogens (tertiary/aromatic N) is 2. The first-order valence-corrected chi connectivity index (χ1v) is 8.12. The van der Waals surface area contributed by atoms with Crippen LogP contribution in [-0.2, 0) is 6.42 Å². The molecule has 5 nitrogen and oxygen atoms in total. The molecule has 0 radical (unpaired) electrons. The topological polar surface area (TPSA) is 72.0 Å². The second kappa shape index (κ2) is 8.31. The van der Waals surface area contributed by atoms with E-state index in [0.29, 0.717) is 17.7 Å². The molecule has 0 aliphatic carbocycles. The van der Waals surface area contributed by atoms with Crippen molar-refractivity contribution in [2.24, 2.45) is 0 Å². The molecule has 154 valence electrons. The maximum absolute atomic E-state index is 13.6. The van der Waals surface area contributed by atoms with E-state index in [9.17, 15) is 35.9 Å². The van der Waals surface area contributed by atoms with Crippen molar-refractivity contribution in [2.75, 3.05) is 5.32 Å². The number of anilines is 1. The lowest BCUT2D eigenvalue weighted by Gasteiger charge is -2.08. The largest absolute Gasteiger partial charge is 0.322 e. The monoisotopic (exact) mass is 425 g/mol. The summed E-state index contributed by atoms with van der Waals surface area (Å²) < 4.78 is 79.7. The first-order chi connectivity index (χ1) is 14.2. The van der Waals surface area contributed by atoms with Crippen LogP contribution in [0.3, 0.4) is 0 Å². The van der Waals surface area contributed by atoms with Crippen molar-refractivity contribution in [3.63, 3.8) is 0 Å². The molecule has 0 unspecified atom stereocenters. The number of ketones is 1. The summed E-state index contributed by atoms with van der Waals surface area (Å²) in [6.45, 7) is 0. The van der Waals surface area contributed by atoms with Crippen LogP contribution in [0.1, 0.15) is 26.3 Å². The van der Waals surface area contributed by atoms with Gasteiger partial charge >= 0.3 is 0 Å². The van der Waals surface area contributed by atoms with Crippen molar-refractivity contribution < 1.29 is 35.9 Å². The predicted molar refractivity (Wildman–Crippen MR) is 90.7 cm³/mol. The molecule has 0 aliphatic heterocycles. The van der Waals surface area contributed by atoms with Crippen molar-refractivity contribution in [3.8, 4) is 0 Å². The van der Waals surface area contributed by atoms with Gasteiger partial charge in [0.15, 0.2) is 17.4 Å². The molecule has 0 bridgehead atoms. The number of nitrogens with one attached hydrogen (secondary N) is 1. The number of hydrogen-bond acceptors (Lipinski definition) is 4. The average molecular weight is 425 g/mol. The zero-order valence-corrected chi connectivity index (χ0v) is 14.6. The van der Waals surface area contributed by atoms with Gasteiger partial charge in [-0.05, 0) is 17.7 Å². The average Bonchev–Trinajstić information content (AvgIpc) is 2.68. The van der Waals surface area contributed by atoms with Gasteiger partial charge in [-0.1, -0.05) is 12.1 Å². The smallest absolute Gasteiger partial charge is 0.258 e. The van der Waals surface area contributed by atoms with Crippen LogP contribution in [0.5, 0.6) is 0 Å². The summed E-state index contributed by atoms with van der Waals surface area (Å²) in [6.07, 6.45) is -0.427. The zero-order chi connectivity index (χ0) is 22.0. The zero-order valence-electron chi connectivity index (χ0n) is 14.6. The lowest BCUT2D eigenvalue weighted by molar-refractivity contribution is 0.0984. The van der Waals surface area contributed by atoms with Gasteiger partial charge in [-0.15, -0.1) is 0 Å². The molecule has 2 heterocycles. The third kappa shape index (κ3) is 4.45. The Bertz CT molecular complexity index is 1060. The van der Waals surface area contributed by atoms with Gasteiger partial charge in [0.2, 0.25) is 11.9 Å². The van der Waals surface area contributed by atoms with Gasteiger partial charge in [0.05, 0.1) is 11.1 Å². The highest BCUT2D eigenvalue weighted by Crippen LogP contribution is 2.18. The molecule has 0 saturated carbocycles. The van der Waals surface area contributed by atoms with Crippen molar-refractivity contribution >= 4 is 17.4 Å². The van der Waals surface area contributed by atoms with E-state index in [1.807, 2.05) is 0 Å². The Morgan fingerprint density at radius 1 is 0.767 bits per heavy atom. The van der Waals surface area contributed by atoms with Crippen molar-refractivity contribution in [2.45, 2.75) is 6.42 Å². The third-order valence-corrected chi connectivity index (χ3v) is 3.89. The normalized spacial score (nSPS) is 10.7. The number of rotatable bonds is 5. The lowest BCUT2D eigenvalue weighted by atomic mass is 10.0. The van der Waals surface area contributed by atoms with Crippen molar-refractivity contribution in [1.29, 1.82) is 0 Å². The van der Waals surface area contributed by atoms with E-state index in [0.717, 1.165) is 0 Å². The molecular weight excluding hydrogens is 416 g/mol. The Morgan fingerprint density at radius 3 is 1.83 bits per heavy atom. The second-order valence-corrected chi connectivity index (χ2v) is 5.95. The van der Waals surface area contributed by atoms with Crippen LogP contribution < -0.4 is 5.32 Å². The molecule has 0 fully saturated rings. The fourth-order valence-electron chi connectivity index (χ4n) is 2.49. The second-order valence-electron chi connectivity index (χ2n) is 5.95. The standard InChI is InChI=1S/C19H9F6N3O2/c20-13-6-10(15(22)17(24)27-13)12(29)5-8-1-3-9(4-2-8)26-19(30)11-7-14(21)28-18(25)16(11)23/h1-4,6-7H,5H2,(H,26,30). The van der Waals surface area contributed by atoms with Crippen LogP contribution in [0, 0.1) is 35.4 Å². The summed E-state index contributed by atoms with van der Waals surface area (Å²) >= 11 is 0. The molecule has 3 aromatic rings. The SMILES string of the molecule is O=C(Cc1ccc(NC(=O)c2cc(F)nc(F)c2F)cc1)c1cc(F)nc(F)c1F. The van der Waals surface area contributed by atoms with Crippen LogP contribution in [0.4, 0.5) is 32.0 Å². The van der Waals surface area contributed by atoms with Gasteiger partial charge in [-0.2, -0.15) is 27.5 Å². The summed E-state index contributed by atoms with van der Waals surface area (Å²) in [5, 5.41) is 2.20. The van der Waals surface area contributed by atoms with E-state index in [4.69, 9.17) is 0 Å². The number of benzene rings is 1. The first-order valence-electron chi connectivity index (χ1n) is 8.12. The fraction of sp³-hybridized carbons (Fsp3) is 0.0526. The first kappa shape index (κ1) is 21.0. The highest BCUT2D eigenvalue weighted by atomic mass is 19.2. The number of amides is 1. The summed E-state index contributed by atoms with van der Waals surface area (Å²) in [7, 11) is 0. The molecule has 30 heavy (non-hydrogen) atoms. The van der Waals surface area contributed by atoms with Crippen molar-refractivity contribution in [3.05, 3.63) is 88.5 Å². The molecule has 0 aliphatic rings. The highest BCUT2D eigenvalue weighted by Gasteiger charge is 2.20. The molecule has 11 heteroatoms. The maximum atomic E-state index is 13.6. The molecule has 0 atom stereocenters. The number of hydrogen-bond donors (Lipinski definition) is 1. The number of halogens is 6. The number of Topliss-reactive ketones (excluding diaryl/α,β-unsaturated/α-hetero) is 1. The van der Waals surface area contributed by atoms with Gasteiger partial charge < -0.3 is 5.32 Å². The van der Waals surface area contributed by atoms with E-state index >= 15 is 0 Å². The molecule has 0 saturated heterocycles. The highest BCUT2D eigenvalue weighted by molar-refractivity contribution is 6.04. The van der Waals surface area contributed by atoms with Gasteiger partial charge in [0.25, 0.3) is 17.8 Å². The van der Waals surface area contributed by atoms with E-state index in [-0.39, 0.29) is 5.69 Å². The Balaban J connectivity index is 1.73. The summed E-state index contributed by atoms with van der Waals surface area (Å²) in [4.78, 5) is 29.3. The lowest BCUT2D eigenvalue weighted by Crippen LogP contribution is -2.16.